The Balaban J connectivity index is 1.80. The van der Waals surface area contributed by atoms with Gasteiger partial charge in [0.15, 0.2) is 11.5 Å². The van der Waals surface area contributed by atoms with E-state index in [1.165, 1.54) is 4.90 Å². The maximum atomic E-state index is 13.3. The van der Waals surface area contributed by atoms with Crippen molar-refractivity contribution in [1.82, 2.24) is 5.32 Å². The van der Waals surface area contributed by atoms with E-state index in [0.29, 0.717) is 41.7 Å². The first-order valence-electron chi connectivity index (χ1n) is 11.8. The maximum absolute atomic E-state index is 13.3. The molecule has 8 heteroatoms. The van der Waals surface area contributed by atoms with Crippen LogP contribution in [0.3, 0.4) is 0 Å². The van der Waals surface area contributed by atoms with Gasteiger partial charge in [0, 0.05) is 37.1 Å². The largest absolute Gasteiger partial charge is 0.490 e. The van der Waals surface area contributed by atoms with Crippen LogP contribution in [-0.2, 0) is 4.79 Å². The molecule has 0 aliphatic carbocycles. The van der Waals surface area contributed by atoms with Crippen molar-refractivity contribution < 1.29 is 19.1 Å². The SMILES string of the molecule is CCOc1cc2c(cc1OCC)C(=C(Nc1ccc(N(C)C(=O)NC)cc1)c1ccccc1)C(=O)N2. The first kappa shape index (κ1) is 24.7. The number of amides is 3. The molecule has 3 N–H and O–H groups in total. The summed E-state index contributed by atoms with van der Waals surface area (Å²) in [5.41, 5.74) is 4.93. The van der Waals surface area contributed by atoms with Gasteiger partial charge in [0.25, 0.3) is 5.91 Å². The second-order valence-electron chi connectivity index (χ2n) is 8.07. The maximum Gasteiger partial charge on any atom is 0.321 e. The molecule has 1 heterocycles. The number of hydrogen-bond acceptors (Lipinski definition) is 5. The molecule has 4 rings (SSSR count). The van der Waals surface area contributed by atoms with Crippen LogP contribution < -0.4 is 30.3 Å². The molecular weight excluding hydrogens is 456 g/mol. The Hall–Kier alpha value is -4.46. The lowest BCUT2D eigenvalue weighted by atomic mass is 9.99. The van der Waals surface area contributed by atoms with Gasteiger partial charge in [-0.05, 0) is 49.7 Å². The van der Waals surface area contributed by atoms with Crippen LogP contribution in [0.15, 0.2) is 66.7 Å². The Labute approximate surface area is 210 Å². The number of anilines is 3. The summed E-state index contributed by atoms with van der Waals surface area (Å²) in [6, 6.07) is 20.6. The van der Waals surface area contributed by atoms with E-state index in [0.717, 1.165) is 22.5 Å². The number of hydrogen-bond donors (Lipinski definition) is 3. The van der Waals surface area contributed by atoms with Crippen LogP contribution in [0.4, 0.5) is 21.9 Å². The fourth-order valence-corrected chi connectivity index (χ4v) is 4.04. The number of carbonyl (C=O) groups is 2. The molecule has 186 valence electrons. The van der Waals surface area contributed by atoms with Crippen LogP contribution in [0.1, 0.15) is 25.0 Å². The van der Waals surface area contributed by atoms with Gasteiger partial charge in [-0.1, -0.05) is 30.3 Å². The Morgan fingerprint density at radius 2 is 1.58 bits per heavy atom. The smallest absolute Gasteiger partial charge is 0.321 e. The van der Waals surface area contributed by atoms with E-state index in [4.69, 9.17) is 9.47 Å². The quantitative estimate of drug-likeness (QED) is 0.381. The summed E-state index contributed by atoms with van der Waals surface area (Å²) in [5, 5.41) is 9.02. The molecule has 0 radical (unpaired) electrons. The summed E-state index contributed by atoms with van der Waals surface area (Å²) in [5.74, 6) is 0.953. The molecule has 1 aliphatic heterocycles. The zero-order chi connectivity index (χ0) is 25.7. The standard InChI is InChI=1S/C28H30N4O4/c1-5-35-23-16-21-22(17-24(23)36-6-2)31-27(33)25(21)26(18-10-8-7-9-11-18)30-19-12-14-20(15-13-19)32(4)28(34)29-3/h7-17,30H,5-6H2,1-4H3,(H,29,34)(H,31,33). The highest BCUT2D eigenvalue weighted by atomic mass is 16.5. The van der Waals surface area contributed by atoms with Crippen molar-refractivity contribution >= 4 is 40.3 Å². The average molecular weight is 487 g/mol. The third kappa shape index (κ3) is 4.98. The summed E-state index contributed by atoms with van der Waals surface area (Å²) in [7, 11) is 3.29. The molecule has 0 aromatic heterocycles. The number of ether oxygens (including phenoxy) is 2. The summed E-state index contributed by atoms with van der Waals surface area (Å²) < 4.78 is 11.6. The molecule has 0 bridgehead atoms. The van der Waals surface area contributed by atoms with Crippen LogP contribution in [-0.4, -0.2) is 39.2 Å². The number of urea groups is 1. The molecule has 3 aromatic carbocycles. The van der Waals surface area contributed by atoms with Crippen molar-refractivity contribution in [2.45, 2.75) is 13.8 Å². The van der Waals surface area contributed by atoms with Gasteiger partial charge in [0.05, 0.1) is 30.2 Å². The topological polar surface area (TPSA) is 91.9 Å². The average Bonchev–Trinajstić information content (AvgIpc) is 3.22. The number of nitrogens with one attached hydrogen (secondary N) is 3. The molecule has 3 amide bonds. The van der Waals surface area contributed by atoms with Crippen LogP contribution in [0.5, 0.6) is 11.5 Å². The fraction of sp³-hybridized carbons (Fsp3) is 0.214. The molecule has 8 nitrogen and oxygen atoms in total. The molecule has 0 spiro atoms. The predicted octanol–water partition coefficient (Wildman–Crippen LogP) is 5.19. The Bertz CT molecular complexity index is 1290. The lowest BCUT2D eigenvalue weighted by molar-refractivity contribution is -0.110. The van der Waals surface area contributed by atoms with Crippen LogP contribution in [0.2, 0.25) is 0 Å². The second-order valence-corrected chi connectivity index (χ2v) is 8.07. The van der Waals surface area contributed by atoms with E-state index in [9.17, 15) is 9.59 Å². The first-order valence-corrected chi connectivity index (χ1v) is 11.8. The summed E-state index contributed by atoms with van der Waals surface area (Å²) in [6.45, 7) is 4.77. The van der Waals surface area contributed by atoms with Crippen LogP contribution in [0.25, 0.3) is 11.3 Å². The van der Waals surface area contributed by atoms with Crippen molar-refractivity contribution in [2.24, 2.45) is 0 Å². The van der Waals surface area contributed by atoms with Gasteiger partial charge in [-0.2, -0.15) is 0 Å². The van der Waals surface area contributed by atoms with E-state index >= 15 is 0 Å². The summed E-state index contributed by atoms with van der Waals surface area (Å²) in [4.78, 5) is 26.8. The van der Waals surface area contributed by atoms with Gasteiger partial charge >= 0.3 is 6.03 Å². The predicted molar refractivity (Wildman–Crippen MR) is 144 cm³/mol. The van der Waals surface area contributed by atoms with E-state index in [1.807, 2.05) is 74.5 Å². The molecule has 0 atom stereocenters. The lowest BCUT2D eigenvalue weighted by Gasteiger charge is -2.18. The van der Waals surface area contributed by atoms with Crippen molar-refractivity contribution in [2.75, 3.05) is 42.8 Å². The highest BCUT2D eigenvalue weighted by Crippen LogP contribution is 2.43. The minimum Gasteiger partial charge on any atom is -0.490 e. The highest BCUT2D eigenvalue weighted by Gasteiger charge is 2.30. The van der Waals surface area contributed by atoms with Gasteiger partial charge in [-0.25, -0.2) is 4.79 Å². The molecule has 1 aliphatic rings. The fourth-order valence-electron chi connectivity index (χ4n) is 4.04. The Morgan fingerprint density at radius 3 is 2.19 bits per heavy atom. The monoisotopic (exact) mass is 486 g/mol. The van der Waals surface area contributed by atoms with Crippen molar-refractivity contribution in [1.29, 1.82) is 0 Å². The zero-order valence-corrected chi connectivity index (χ0v) is 20.8. The van der Waals surface area contributed by atoms with Crippen molar-refractivity contribution in [3.05, 3.63) is 77.9 Å². The van der Waals surface area contributed by atoms with Gasteiger partial charge < -0.3 is 25.4 Å². The van der Waals surface area contributed by atoms with Gasteiger partial charge in [-0.15, -0.1) is 0 Å². The third-order valence-electron chi connectivity index (χ3n) is 5.78. The van der Waals surface area contributed by atoms with E-state index < -0.39 is 0 Å². The number of carbonyl (C=O) groups excluding carboxylic acids is 2. The Morgan fingerprint density at radius 1 is 0.944 bits per heavy atom. The number of nitrogens with zero attached hydrogens (tertiary/aromatic N) is 1. The molecule has 36 heavy (non-hydrogen) atoms. The van der Waals surface area contributed by atoms with Crippen LogP contribution in [0, 0.1) is 0 Å². The normalized spacial score (nSPS) is 13.4. The molecule has 0 fully saturated rings. The minimum absolute atomic E-state index is 0.210. The number of rotatable bonds is 8. The number of fused-ring (bicyclic) bond motifs is 1. The summed E-state index contributed by atoms with van der Waals surface area (Å²) >= 11 is 0. The molecule has 3 aromatic rings. The minimum atomic E-state index is -0.219. The molecular formula is C28H30N4O4. The third-order valence-corrected chi connectivity index (χ3v) is 5.78. The Kier molecular flexibility index (Phi) is 7.44. The second kappa shape index (κ2) is 10.9. The van der Waals surface area contributed by atoms with Gasteiger partial charge in [-0.3, -0.25) is 9.69 Å². The molecule has 0 saturated carbocycles. The van der Waals surface area contributed by atoms with E-state index in [1.54, 1.807) is 20.2 Å². The molecule has 0 unspecified atom stereocenters. The highest BCUT2D eigenvalue weighted by molar-refractivity contribution is 6.37. The van der Waals surface area contributed by atoms with Gasteiger partial charge in [0.2, 0.25) is 0 Å². The molecule has 0 saturated heterocycles. The van der Waals surface area contributed by atoms with Crippen molar-refractivity contribution in [3.8, 4) is 11.5 Å². The van der Waals surface area contributed by atoms with E-state index in [2.05, 4.69) is 16.0 Å². The first-order chi connectivity index (χ1) is 17.5. The lowest BCUT2D eigenvalue weighted by Crippen LogP contribution is -2.34. The zero-order valence-electron chi connectivity index (χ0n) is 20.8. The van der Waals surface area contributed by atoms with E-state index in [-0.39, 0.29) is 11.9 Å². The number of benzene rings is 3. The van der Waals surface area contributed by atoms with Crippen molar-refractivity contribution in [3.63, 3.8) is 0 Å². The van der Waals surface area contributed by atoms with Crippen LogP contribution >= 0.6 is 0 Å². The van der Waals surface area contributed by atoms with Gasteiger partial charge in [0.1, 0.15) is 0 Å². The summed E-state index contributed by atoms with van der Waals surface area (Å²) in [6.07, 6.45) is 0.